The van der Waals surface area contributed by atoms with E-state index in [0.29, 0.717) is 29.2 Å². The van der Waals surface area contributed by atoms with E-state index in [-0.39, 0.29) is 0 Å². The number of hydrogen-bond donors (Lipinski definition) is 3. The van der Waals surface area contributed by atoms with Crippen molar-refractivity contribution in [2.75, 3.05) is 6.54 Å². The second-order valence-electron chi connectivity index (χ2n) is 4.79. The fourth-order valence-electron chi connectivity index (χ4n) is 2.04. The van der Waals surface area contributed by atoms with Crippen LogP contribution < -0.4 is 16.5 Å². The van der Waals surface area contributed by atoms with Gasteiger partial charge < -0.3 is 5.73 Å². The lowest BCUT2D eigenvalue weighted by molar-refractivity contribution is 0.0976. The molecular weight excluding hydrogens is 208 g/mol. The third kappa shape index (κ3) is 3.03. The van der Waals surface area contributed by atoms with Crippen molar-refractivity contribution in [1.29, 1.82) is 0 Å². The Balaban J connectivity index is 2.73. The summed E-state index contributed by atoms with van der Waals surface area (Å²) in [5.41, 5.74) is 8.63. The highest BCUT2D eigenvalue weighted by molar-refractivity contribution is 7.80. The molecule has 1 aliphatic heterocycles. The number of hydrazine groups is 1. The highest BCUT2D eigenvalue weighted by Crippen LogP contribution is 2.20. The van der Waals surface area contributed by atoms with Crippen LogP contribution >= 0.6 is 12.2 Å². The summed E-state index contributed by atoms with van der Waals surface area (Å²) in [6, 6.07) is 0.443. The standard InChI is InChI=1S/C10H22N4S/c1-6(2)8-5-12-9(7(3)4)14(8)13-10(11)15/h6-9,12H,5H2,1-4H3,(H3,11,13,15). The van der Waals surface area contributed by atoms with Crippen molar-refractivity contribution < 1.29 is 0 Å². The van der Waals surface area contributed by atoms with E-state index in [1.165, 1.54) is 0 Å². The Hall–Kier alpha value is -0.390. The van der Waals surface area contributed by atoms with Gasteiger partial charge in [-0.2, -0.15) is 5.01 Å². The second kappa shape index (κ2) is 5.09. The molecule has 1 rings (SSSR count). The number of rotatable bonds is 3. The van der Waals surface area contributed by atoms with Gasteiger partial charge in [0.25, 0.3) is 0 Å². The second-order valence-corrected chi connectivity index (χ2v) is 5.23. The van der Waals surface area contributed by atoms with E-state index in [4.69, 9.17) is 18.0 Å². The van der Waals surface area contributed by atoms with Gasteiger partial charge in [0.15, 0.2) is 5.11 Å². The molecule has 0 spiro atoms. The van der Waals surface area contributed by atoms with Crippen LogP contribution in [0.4, 0.5) is 0 Å². The quantitative estimate of drug-likeness (QED) is 0.622. The first-order valence-corrected chi connectivity index (χ1v) is 5.92. The van der Waals surface area contributed by atoms with Crippen molar-refractivity contribution in [1.82, 2.24) is 15.8 Å². The van der Waals surface area contributed by atoms with E-state index in [0.717, 1.165) is 6.54 Å². The van der Waals surface area contributed by atoms with Crippen LogP contribution in [0.1, 0.15) is 27.7 Å². The van der Waals surface area contributed by atoms with Crippen molar-refractivity contribution in [3.63, 3.8) is 0 Å². The number of thiocarbonyl (C=S) groups is 1. The summed E-state index contributed by atoms with van der Waals surface area (Å²) in [6.45, 7) is 9.78. The van der Waals surface area contributed by atoms with Crippen molar-refractivity contribution >= 4 is 17.3 Å². The fraction of sp³-hybridized carbons (Fsp3) is 0.900. The molecule has 2 atom stereocenters. The van der Waals surface area contributed by atoms with Gasteiger partial charge in [0.2, 0.25) is 0 Å². The SMILES string of the molecule is CC(C)C1CNC(C(C)C)N1NC(N)=S. The molecule has 1 aliphatic rings. The molecule has 0 radical (unpaired) electrons. The van der Waals surface area contributed by atoms with Gasteiger partial charge in [-0.1, -0.05) is 27.7 Å². The molecule has 0 aromatic heterocycles. The van der Waals surface area contributed by atoms with Crippen LogP contribution in [-0.2, 0) is 0 Å². The Morgan fingerprint density at radius 2 is 2.00 bits per heavy atom. The first-order chi connectivity index (χ1) is 6.93. The van der Waals surface area contributed by atoms with E-state index in [9.17, 15) is 0 Å². The van der Waals surface area contributed by atoms with E-state index >= 15 is 0 Å². The first kappa shape index (κ1) is 12.7. The molecule has 0 saturated carbocycles. The Morgan fingerprint density at radius 3 is 2.40 bits per heavy atom. The van der Waals surface area contributed by atoms with Gasteiger partial charge in [0.05, 0.1) is 6.17 Å². The van der Waals surface area contributed by atoms with Crippen molar-refractivity contribution in [3.05, 3.63) is 0 Å². The Bertz CT molecular complexity index is 213. The molecule has 0 aliphatic carbocycles. The molecule has 0 bridgehead atoms. The molecule has 0 aromatic rings. The van der Waals surface area contributed by atoms with Crippen LogP contribution in [0.3, 0.4) is 0 Å². The third-order valence-electron chi connectivity index (χ3n) is 2.83. The molecule has 2 unspecified atom stereocenters. The molecular formula is C10H22N4S. The summed E-state index contributed by atoms with van der Waals surface area (Å²) in [5, 5.41) is 6.00. The van der Waals surface area contributed by atoms with Gasteiger partial charge in [0, 0.05) is 12.6 Å². The third-order valence-corrected chi connectivity index (χ3v) is 2.92. The highest BCUT2D eigenvalue weighted by Gasteiger charge is 2.36. The summed E-state index contributed by atoms with van der Waals surface area (Å²) in [6.07, 6.45) is 0.305. The fourth-order valence-corrected chi connectivity index (χ4v) is 2.14. The largest absolute Gasteiger partial charge is 0.375 e. The molecule has 0 aromatic carbocycles. The smallest absolute Gasteiger partial charge is 0.178 e. The molecule has 4 nitrogen and oxygen atoms in total. The maximum absolute atomic E-state index is 5.55. The van der Waals surface area contributed by atoms with E-state index in [2.05, 4.69) is 43.4 Å². The molecule has 5 heteroatoms. The molecule has 1 heterocycles. The van der Waals surface area contributed by atoms with E-state index in [1.54, 1.807) is 0 Å². The Labute approximate surface area is 97.5 Å². The van der Waals surface area contributed by atoms with E-state index < -0.39 is 0 Å². The number of nitrogens with zero attached hydrogens (tertiary/aromatic N) is 1. The summed E-state index contributed by atoms with van der Waals surface area (Å²) < 4.78 is 0. The van der Waals surface area contributed by atoms with Crippen LogP contribution in [0.2, 0.25) is 0 Å². The predicted molar refractivity (Wildman–Crippen MR) is 67.0 cm³/mol. The summed E-state index contributed by atoms with van der Waals surface area (Å²) in [7, 11) is 0. The topological polar surface area (TPSA) is 53.3 Å². The van der Waals surface area contributed by atoms with Gasteiger partial charge in [0.1, 0.15) is 0 Å². The molecule has 1 saturated heterocycles. The van der Waals surface area contributed by atoms with Gasteiger partial charge in [-0.05, 0) is 24.1 Å². The van der Waals surface area contributed by atoms with Crippen LogP contribution in [-0.4, -0.2) is 28.9 Å². The molecule has 4 N–H and O–H groups in total. The molecule has 0 amide bonds. The number of hydrogen-bond acceptors (Lipinski definition) is 3. The lowest BCUT2D eigenvalue weighted by Gasteiger charge is -2.33. The molecule has 15 heavy (non-hydrogen) atoms. The zero-order valence-electron chi connectivity index (χ0n) is 9.95. The predicted octanol–water partition coefficient (Wildman–Crippen LogP) is 0.647. The van der Waals surface area contributed by atoms with Crippen LogP contribution in [0.5, 0.6) is 0 Å². The highest BCUT2D eigenvalue weighted by atomic mass is 32.1. The van der Waals surface area contributed by atoms with Gasteiger partial charge in [-0.15, -0.1) is 0 Å². The average molecular weight is 230 g/mol. The van der Waals surface area contributed by atoms with Gasteiger partial charge in [-0.3, -0.25) is 10.7 Å². The zero-order chi connectivity index (χ0) is 11.6. The van der Waals surface area contributed by atoms with Crippen LogP contribution in [0.15, 0.2) is 0 Å². The van der Waals surface area contributed by atoms with Crippen LogP contribution in [0.25, 0.3) is 0 Å². The lowest BCUT2D eigenvalue weighted by atomic mass is 10.0. The summed E-state index contributed by atoms with van der Waals surface area (Å²) in [4.78, 5) is 0. The summed E-state index contributed by atoms with van der Waals surface area (Å²) >= 11 is 4.91. The maximum Gasteiger partial charge on any atom is 0.178 e. The monoisotopic (exact) mass is 230 g/mol. The lowest BCUT2D eigenvalue weighted by Crippen LogP contribution is -2.55. The first-order valence-electron chi connectivity index (χ1n) is 5.51. The average Bonchev–Trinajstić information content (AvgIpc) is 2.46. The zero-order valence-corrected chi connectivity index (χ0v) is 10.8. The Morgan fingerprint density at radius 1 is 1.40 bits per heavy atom. The minimum atomic E-state index is 0.305. The van der Waals surface area contributed by atoms with Gasteiger partial charge >= 0.3 is 0 Å². The van der Waals surface area contributed by atoms with E-state index in [1.807, 2.05) is 0 Å². The normalized spacial score (nSPS) is 27.6. The molecule has 88 valence electrons. The maximum atomic E-state index is 5.55. The number of nitrogens with one attached hydrogen (secondary N) is 2. The summed E-state index contributed by atoms with van der Waals surface area (Å²) in [5.74, 6) is 1.10. The van der Waals surface area contributed by atoms with Gasteiger partial charge in [-0.25, -0.2) is 0 Å². The van der Waals surface area contributed by atoms with Crippen molar-refractivity contribution in [2.45, 2.75) is 39.9 Å². The molecule has 1 fully saturated rings. The number of nitrogens with two attached hydrogens (primary N) is 1. The minimum absolute atomic E-state index is 0.305. The van der Waals surface area contributed by atoms with Crippen LogP contribution in [0, 0.1) is 11.8 Å². The minimum Gasteiger partial charge on any atom is -0.375 e. The van der Waals surface area contributed by atoms with Crippen molar-refractivity contribution in [3.8, 4) is 0 Å². The van der Waals surface area contributed by atoms with Crippen molar-refractivity contribution in [2.24, 2.45) is 17.6 Å². The Kier molecular flexibility index (Phi) is 4.31.